The van der Waals surface area contributed by atoms with Crippen LogP contribution >= 0.6 is 15.9 Å². The van der Waals surface area contributed by atoms with Crippen LogP contribution in [-0.4, -0.2) is 24.7 Å². The molecule has 0 saturated heterocycles. The number of pyridine rings is 2. The summed E-state index contributed by atoms with van der Waals surface area (Å²) in [6.07, 6.45) is -0.324. The molecule has 3 aromatic heterocycles. The molecule has 5 nitrogen and oxygen atoms in total. The Morgan fingerprint density at radius 2 is 2.08 bits per heavy atom. The Balaban J connectivity index is 2.19. The highest BCUT2D eigenvalue weighted by Gasteiger charge is 2.33. The average molecular weight is 435 g/mol. The molecule has 0 amide bonds. The number of imidazole rings is 1. The van der Waals surface area contributed by atoms with E-state index in [1.54, 1.807) is 6.92 Å². The summed E-state index contributed by atoms with van der Waals surface area (Å²) < 4.78 is 63.0. The van der Waals surface area contributed by atoms with Gasteiger partial charge in [-0.2, -0.15) is 17.7 Å². The zero-order valence-corrected chi connectivity index (χ0v) is 15.2. The number of aromatic nitrogens is 3. The molecule has 25 heavy (non-hydrogen) atoms. The Kier molecular flexibility index (Phi) is 4.46. The lowest BCUT2D eigenvalue weighted by Crippen LogP contribution is -2.14. The standard InChI is InChI=1S/C15H11BrF3N3O2S/c1-2-25(23,24)12-6-10(16)7-20-14(12)11-8-22-4-3-9(15(17,18)19)5-13(22)21-11/h3-8H,2H2,1H3/p+1. The number of rotatable bonds is 3. The summed E-state index contributed by atoms with van der Waals surface area (Å²) in [5.41, 5.74) is -0.367. The first-order chi connectivity index (χ1) is 11.6. The fourth-order valence-electron chi connectivity index (χ4n) is 2.28. The molecule has 0 saturated carbocycles. The number of nitrogens with zero attached hydrogens (tertiary/aromatic N) is 3. The van der Waals surface area contributed by atoms with Crippen molar-refractivity contribution in [2.45, 2.75) is 18.0 Å². The summed E-state index contributed by atoms with van der Waals surface area (Å²) in [6, 6.07) is 3.33. The third kappa shape index (κ3) is 3.46. The van der Waals surface area contributed by atoms with E-state index in [4.69, 9.17) is 0 Å². The maximum absolute atomic E-state index is 12.8. The van der Waals surface area contributed by atoms with E-state index in [2.05, 4.69) is 25.9 Å². The molecule has 0 aliphatic heterocycles. The van der Waals surface area contributed by atoms with Crippen LogP contribution in [0, 0.1) is 0 Å². The number of halogens is 4. The quantitative estimate of drug-likeness (QED) is 0.614. The third-order valence-corrected chi connectivity index (χ3v) is 5.80. The zero-order chi connectivity index (χ0) is 18.4. The Hall–Kier alpha value is -1.78. The molecule has 0 spiro atoms. The van der Waals surface area contributed by atoms with Crippen molar-refractivity contribution in [1.82, 2.24) is 14.4 Å². The third-order valence-electron chi connectivity index (χ3n) is 3.58. The highest BCUT2D eigenvalue weighted by molar-refractivity contribution is 9.10. The number of fused-ring (bicyclic) bond motifs is 1. The molecule has 3 rings (SSSR count). The number of alkyl halides is 3. The van der Waals surface area contributed by atoms with Crippen LogP contribution < -0.4 is 0 Å². The molecule has 0 aromatic carbocycles. The van der Waals surface area contributed by atoms with Crippen molar-refractivity contribution in [2.24, 2.45) is 0 Å². The lowest BCUT2D eigenvalue weighted by molar-refractivity contribution is -0.137. The monoisotopic (exact) mass is 434 g/mol. The van der Waals surface area contributed by atoms with E-state index < -0.39 is 22.0 Å². The van der Waals surface area contributed by atoms with Crippen molar-refractivity contribution in [1.29, 1.82) is 0 Å². The minimum atomic E-state index is -4.48. The Labute approximate surface area is 150 Å². The van der Waals surface area contributed by atoms with E-state index in [0.717, 1.165) is 12.1 Å². The van der Waals surface area contributed by atoms with E-state index in [1.165, 1.54) is 29.1 Å². The minimum absolute atomic E-state index is 0.0241. The van der Waals surface area contributed by atoms with Gasteiger partial charge in [-0.1, -0.05) is 4.21 Å². The van der Waals surface area contributed by atoms with Gasteiger partial charge in [-0.15, -0.1) is 0 Å². The fourth-order valence-corrected chi connectivity index (χ4v) is 3.85. The Morgan fingerprint density at radius 3 is 2.72 bits per heavy atom. The van der Waals surface area contributed by atoms with Crippen LogP contribution in [0.25, 0.3) is 17.0 Å². The second kappa shape index (κ2) is 6.19. The van der Waals surface area contributed by atoms with Gasteiger partial charge in [0.05, 0.1) is 5.56 Å². The maximum atomic E-state index is 12.8. The molecule has 0 aliphatic rings. The smallest absolute Gasteiger partial charge is 0.306 e. The van der Waals surface area contributed by atoms with Crippen molar-refractivity contribution in [2.75, 3.05) is 5.75 Å². The van der Waals surface area contributed by atoms with Gasteiger partial charge in [0.25, 0.3) is 0 Å². The lowest BCUT2D eigenvalue weighted by Gasteiger charge is -2.06. The topological polar surface area (TPSA) is 67.5 Å². The summed E-state index contributed by atoms with van der Waals surface area (Å²) in [7, 11) is -3.34. The van der Waals surface area contributed by atoms with Crippen molar-refractivity contribution in [3.63, 3.8) is 0 Å². The van der Waals surface area contributed by atoms with Crippen molar-refractivity contribution < 1.29 is 21.9 Å². The molecule has 1 unspecified atom stereocenters. The molecule has 1 atom stereocenters. The molecule has 132 valence electrons. The predicted octanol–water partition coefficient (Wildman–Crippen LogP) is 4.53. The second-order valence-electron chi connectivity index (χ2n) is 5.23. The molecular weight excluding hydrogens is 423 g/mol. The number of hydrogen-bond donors (Lipinski definition) is 1. The van der Waals surface area contributed by atoms with Crippen molar-refractivity contribution in [3.05, 3.63) is 46.8 Å². The molecule has 0 radical (unpaired) electrons. The molecule has 0 aliphatic carbocycles. The SMILES string of the molecule is CC[S+](=O)(O)c1cc(Br)cnc1-c1cn2ccc(C(F)(F)F)cc2n1. The van der Waals surface area contributed by atoms with Crippen LogP contribution in [0.3, 0.4) is 0 Å². The van der Waals surface area contributed by atoms with Crippen molar-refractivity contribution in [3.8, 4) is 11.4 Å². The van der Waals surface area contributed by atoms with Crippen LogP contribution in [0.1, 0.15) is 12.5 Å². The molecular formula is C15H12BrF3N3O2S+. The van der Waals surface area contributed by atoms with Gasteiger partial charge >= 0.3 is 6.18 Å². The highest BCUT2D eigenvalue weighted by Crippen LogP contribution is 2.33. The van der Waals surface area contributed by atoms with Gasteiger partial charge in [0.15, 0.2) is 0 Å². The van der Waals surface area contributed by atoms with Gasteiger partial charge in [0.1, 0.15) is 22.8 Å². The average Bonchev–Trinajstić information content (AvgIpc) is 2.96. The van der Waals surface area contributed by atoms with Gasteiger partial charge in [-0.25, -0.2) is 9.97 Å². The van der Waals surface area contributed by atoms with Crippen LogP contribution in [-0.2, 0) is 20.6 Å². The van der Waals surface area contributed by atoms with Gasteiger partial charge in [0, 0.05) is 29.1 Å². The first-order valence-electron chi connectivity index (χ1n) is 7.08. The molecule has 3 aromatic rings. The minimum Gasteiger partial charge on any atom is -0.306 e. The zero-order valence-electron chi connectivity index (χ0n) is 12.8. The second-order valence-corrected chi connectivity index (χ2v) is 8.45. The van der Waals surface area contributed by atoms with Gasteiger partial charge < -0.3 is 4.40 Å². The summed E-state index contributed by atoms with van der Waals surface area (Å²) in [6.45, 7) is 1.56. The van der Waals surface area contributed by atoms with Crippen molar-refractivity contribution >= 4 is 31.8 Å². The van der Waals surface area contributed by atoms with Crippen LogP contribution in [0.4, 0.5) is 13.2 Å². The summed E-state index contributed by atoms with van der Waals surface area (Å²) in [4.78, 5) is 8.38. The molecule has 1 N–H and O–H groups in total. The van der Waals surface area contributed by atoms with Crippen LogP contribution in [0.5, 0.6) is 0 Å². The highest BCUT2D eigenvalue weighted by atomic mass is 79.9. The molecule has 10 heteroatoms. The van der Waals surface area contributed by atoms with E-state index in [0.29, 0.717) is 4.47 Å². The molecule has 0 bridgehead atoms. The first kappa shape index (κ1) is 18.0. The maximum Gasteiger partial charge on any atom is 0.416 e. The molecule has 0 fully saturated rings. The van der Waals surface area contributed by atoms with Crippen LogP contribution in [0.2, 0.25) is 0 Å². The Bertz CT molecular complexity index is 1000. The van der Waals surface area contributed by atoms with E-state index in [-0.39, 0.29) is 27.7 Å². The fraction of sp³-hybridized carbons (Fsp3) is 0.200. The van der Waals surface area contributed by atoms with E-state index >= 15 is 0 Å². The molecule has 3 heterocycles. The summed E-state index contributed by atoms with van der Waals surface area (Å²) >= 11 is 3.21. The van der Waals surface area contributed by atoms with Gasteiger partial charge in [-0.05, 0) is 35.0 Å². The number of hydrogen-bond acceptors (Lipinski definition) is 3. The van der Waals surface area contributed by atoms with Crippen LogP contribution in [0.15, 0.2) is 46.2 Å². The first-order valence-corrected chi connectivity index (χ1v) is 9.56. The van der Waals surface area contributed by atoms with E-state index in [9.17, 15) is 21.9 Å². The van der Waals surface area contributed by atoms with Gasteiger partial charge in [0.2, 0.25) is 15.1 Å². The lowest BCUT2D eigenvalue weighted by atomic mass is 10.2. The normalized spacial score (nSPS) is 14.6. The summed E-state index contributed by atoms with van der Waals surface area (Å²) in [5.74, 6) is -0.0241. The predicted molar refractivity (Wildman–Crippen MR) is 90.6 cm³/mol. The van der Waals surface area contributed by atoms with Gasteiger partial charge in [-0.3, -0.25) is 0 Å². The largest absolute Gasteiger partial charge is 0.416 e. The summed E-state index contributed by atoms with van der Waals surface area (Å²) in [5, 5.41) is 0. The van der Waals surface area contributed by atoms with E-state index in [1.807, 2.05) is 0 Å². The Morgan fingerprint density at radius 1 is 1.36 bits per heavy atom.